The second kappa shape index (κ2) is 50.7. The highest BCUT2D eigenvalue weighted by Crippen LogP contribution is 2.26. The second-order valence-corrected chi connectivity index (χ2v) is 19.9. The third-order valence-electron chi connectivity index (χ3n) is 13.0. The van der Waals surface area contributed by atoms with Gasteiger partial charge in [-0.15, -0.1) is 0 Å². The Balaban J connectivity index is 2.67. The first-order chi connectivity index (χ1) is 36.6. The van der Waals surface area contributed by atoms with E-state index in [1.807, 2.05) is 12.2 Å². The van der Waals surface area contributed by atoms with Crippen molar-refractivity contribution in [3.63, 3.8) is 0 Å². The number of carboxylic acid groups (broad SMARTS) is 1. The van der Waals surface area contributed by atoms with Crippen LogP contribution in [0.25, 0.3) is 0 Å². The van der Waals surface area contributed by atoms with Crippen molar-refractivity contribution < 1.29 is 58.2 Å². The summed E-state index contributed by atoms with van der Waals surface area (Å²) in [6.07, 6.45) is 52.8. The van der Waals surface area contributed by atoms with Gasteiger partial charge in [0.2, 0.25) is 0 Å². The maximum Gasteiger partial charge on any atom is 0.335 e. The van der Waals surface area contributed by atoms with E-state index in [4.69, 9.17) is 23.7 Å². The maximum absolute atomic E-state index is 13.1. The van der Waals surface area contributed by atoms with E-state index in [-0.39, 0.29) is 25.9 Å². The molecule has 0 saturated carbocycles. The van der Waals surface area contributed by atoms with Crippen molar-refractivity contribution in [1.29, 1.82) is 0 Å². The van der Waals surface area contributed by atoms with Crippen LogP contribution in [0.1, 0.15) is 239 Å². The molecule has 0 bridgehead atoms. The van der Waals surface area contributed by atoms with Gasteiger partial charge in [-0.2, -0.15) is 0 Å². The zero-order valence-electron chi connectivity index (χ0n) is 47.0. The van der Waals surface area contributed by atoms with Crippen LogP contribution in [0.3, 0.4) is 0 Å². The lowest BCUT2D eigenvalue weighted by Gasteiger charge is -2.40. The zero-order valence-corrected chi connectivity index (χ0v) is 47.0. The summed E-state index contributed by atoms with van der Waals surface area (Å²) in [6.45, 7) is 5.80. The van der Waals surface area contributed by atoms with Crippen molar-refractivity contribution in [3.05, 3.63) is 85.1 Å². The van der Waals surface area contributed by atoms with Gasteiger partial charge in [0.1, 0.15) is 18.8 Å². The summed E-state index contributed by atoms with van der Waals surface area (Å²) in [5.41, 5.74) is 0. The zero-order chi connectivity index (χ0) is 54.7. The lowest BCUT2D eigenvalue weighted by atomic mass is 9.98. The molecule has 1 aliphatic heterocycles. The highest BCUT2D eigenvalue weighted by atomic mass is 16.7. The molecule has 0 spiro atoms. The Morgan fingerprint density at radius 3 is 1.35 bits per heavy atom. The number of aliphatic hydroxyl groups is 2. The molecule has 6 atom stereocenters. The molecule has 0 amide bonds. The smallest absolute Gasteiger partial charge is 0.335 e. The van der Waals surface area contributed by atoms with Gasteiger partial charge < -0.3 is 39.0 Å². The summed E-state index contributed by atoms with van der Waals surface area (Å²) in [5, 5.41) is 31.4. The largest absolute Gasteiger partial charge is 0.479 e. The highest BCUT2D eigenvalue weighted by Gasteiger charge is 2.50. The Morgan fingerprint density at radius 1 is 0.453 bits per heavy atom. The van der Waals surface area contributed by atoms with Crippen LogP contribution in [0.5, 0.6) is 0 Å². The number of ether oxygens (including phenoxy) is 5. The fraction of sp³-hybridized carbons (Fsp3) is 0.714. The van der Waals surface area contributed by atoms with Gasteiger partial charge in [0, 0.05) is 19.3 Å². The van der Waals surface area contributed by atoms with Crippen molar-refractivity contribution >= 4 is 23.9 Å². The summed E-state index contributed by atoms with van der Waals surface area (Å²) >= 11 is 0. The van der Waals surface area contributed by atoms with E-state index in [0.717, 1.165) is 83.5 Å². The number of esters is 3. The van der Waals surface area contributed by atoms with Crippen molar-refractivity contribution in [1.82, 2.24) is 0 Å². The number of hydrogen-bond acceptors (Lipinski definition) is 11. The number of rotatable bonds is 49. The Bertz CT molecular complexity index is 1630. The van der Waals surface area contributed by atoms with E-state index < -0.39 is 67.3 Å². The Hall–Kier alpha value is -4.10. The van der Waals surface area contributed by atoms with E-state index in [1.54, 1.807) is 0 Å². The average Bonchev–Trinajstić information content (AvgIpc) is 3.39. The first-order valence-electron chi connectivity index (χ1n) is 29.6. The lowest BCUT2D eigenvalue weighted by molar-refractivity contribution is -0.301. The molecule has 0 aromatic rings. The third kappa shape index (κ3) is 40.8. The van der Waals surface area contributed by atoms with E-state index in [2.05, 4.69) is 93.7 Å². The van der Waals surface area contributed by atoms with Crippen LogP contribution < -0.4 is 0 Å². The van der Waals surface area contributed by atoms with Gasteiger partial charge in [-0.1, -0.05) is 215 Å². The summed E-state index contributed by atoms with van der Waals surface area (Å²) in [7, 11) is 0. The quantitative estimate of drug-likeness (QED) is 0.0228. The van der Waals surface area contributed by atoms with Gasteiger partial charge >= 0.3 is 23.9 Å². The van der Waals surface area contributed by atoms with E-state index >= 15 is 0 Å². The normalized spacial score (nSPS) is 18.8. The van der Waals surface area contributed by atoms with Crippen LogP contribution in [0.4, 0.5) is 0 Å². The third-order valence-corrected chi connectivity index (χ3v) is 13.0. The minimum absolute atomic E-state index is 0.0198. The monoisotopic (exact) mass is 1050 g/mol. The first kappa shape index (κ1) is 68.9. The second-order valence-electron chi connectivity index (χ2n) is 19.9. The number of aliphatic hydroxyl groups excluding tert-OH is 2. The van der Waals surface area contributed by atoms with Crippen LogP contribution in [0, 0.1) is 0 Å². The summed E-state index contributed by atoms with van der Waals surface area (Å²) in [6, 6.07) is 0. The fourth-order valence-corrected chi connectivity index (χ4v) is 8.43. The first-order valence-corrected chi connectivity index (χ1v) is 29.6. The predicted octanol–water partition coefficient (Wildman–Crippen LogP) is 15.1. The molecule has 428 valence electrons. The molecule has 12 heteroatoms. The van der Waals surface area contributed by atoms with Gasteiger partial charge in [-0.25, -0.2) is 4.79 Å². The Morgan fingerprint density at radius 2 is 0.853 bits per heavy atom. The van der Waals surface area contributed by atoms with Crippen molar-refractivity contribution in [2.45, 2.75) is 276 Å². The Kier molecular flexibility index (Phi) is 46.6. The summed E-state index contributed by atoms with van der Waals surface area (Å²) in [5.74, 6) is -3.20. The minimum atomic E-state index is -1.92. The van der Waals surface area contributed by atoms with E-state index in [0.29, 0.717) is 25.7 Å². The fourth-order valence-electron chi connectivity index (χ4n) is 8.43. The average molecular weight is 1050 g/mol. The molecule has 0 aromatic heterocycles. The molecular weight excluding hydrogens is 949 g/mol. The van der Waals surface area contributed by atoms with Gasteiger partial charge in [-0.3, -0.25) is 14.4 Å². The Labute approximate surface area is 454 Å². The predicted molar refractivity (Wildman–Crippen MR) is 303 cm³/mol. The number of unbranched alkanes of at least 4 members (excludes halogenated alkanes) is 21. The summed E-state index contributed by atoms with van der Waals surface area (Å²) < 4.78 is 28.3. The maximum atomic E-state index is 13.1. The molecule has 3 N–H and O–H groups in total. The van der Waals surface area contributed by atoms with Crippen molar-refractivity contribution in [2.24, 2.45) is 0 Å². The molecule has 1 saturated heterocycles. The molecule has 1 rings (SSSR count). The van der Waals surface area contributed by atoms with Crippen molar-refractivity contribution in [2.75, 3.05) is 13.2 Å². The van der Waals surface area contributed by atoms with Crippen LogP contribution in [0.15, 0.2) is 85.1 Å². The van der Waals surface area contributed by atoms with Crippen LogP contribution >= 0.6 is 0 Å². The van der Waals surface area contributed by atoms with E-state index in [1.165, 1.54) is 89.9 Å². The number of carbonyl (C=O) groups is 4. The van der Waals surface area contributed by atoms with Crippen LogP contribution in [0.2, 0.25) is 0 Å². The minimum Gasteiger partial charge on any atom is -0.479 e. The summed E-state index contributed by atoms with van der Waals surface area (Å²) in [4.78, 5) is 51.0. The standard InChI is InChI=1S/C63H104O12/c1-4-7-10-13-16-19-21-23-25-27-28-30-31-33-35-38-40-43-46-49-55(64)71-52-54(73-56(65)50-47-44-41-37-18-15-12-9-6-3)53-72-63-61(59(68)58(67)60(75-63)62(69)70)74-57(66)51-48-45-42-39-36-34-32-29-26-24-22-20-17-14-11-8-5-2/h8,11,16-17,19-20,23-26,32,34,39,42,54,58-61,63,67-68H,4-7,9-10,12-15,18,21-22,27-31,33,35-38,40-41,43-53H2,1-3H3,(H,69,70)/b11-8-,19-16-,20-17-,25-23-,26-24-,34-32-,42-39-. The van der Waals surface area contributed by atoms with Gasteiger partial charge in [0.25, 0.3) is 0 Å². The topological polar surface area (TPSA) is 175 Å². The molecule has 1 fully saturated rings. The van der Waals surface area contributed by atoms with Gasteiger partial charge in [-0.05, 0) is 89.9 Å². The molecule has 12 nitrogen and oxygen atoms in total. The molecule has 1 aliphatic rings. The number of aliphatic carboxylic acids is 1. The van der Waals surface area contributed by atoms with Crippen molar-refractivity contribution in [3.8, 4) is 0 Å². The van der Waals surface area contributed by atoms with Gasteiger partial charge in [0.15, 0.2) is 24.6 Å². The molecule has 75 heavy (non-hydrogen) atoms. The van der Waals surface area contributed by atoms with Gasteiger partial charge in [0.05, 0.1) is 6.61 Å². The molecule has 0 radical (unpaired) electrons. The van der Waals surface area contributed by atoms with Crippen LogP contribution in [-0.4, -0.2) is 89.2 Å². The molecule has 0 aromatic carbocycles. The number of allylic oxidation sites excluding steroid dienone is 14. The van der Waals surface area contributed by atoms with E-state index in [9.17, 15) is 34.5 Å². The molecule has 0 aliphatic carbocycles. The number of carboxylic acids is 1. The SMILES string of the molecule is CC/C=C\C/C=C\C/C=C\C/C=C\C/C=C\CCCC(=O)OC1C(OCC(COC(=O)CCCCCCCCCCC/C=C\C/C=C\CCCCC)OC(=O)CCCCCCCCCCC)OC(C(=O)O)C(O)C1O. The molecular formula is C63H104O12. The number of hydrogen-bond donors (Lipinski definition) is 3. The molecule has 6 unspecified atom stereocenters. The van der Waals surface area contributed by atoms with Crippen LogP contribution in [-0.2, 0) is 42.9 Å². The molecule has 1 heterocycles. The number of carbonyl (C=O) groups excluding carboxylic acids is 3. The lowest BCUT2D eigenvalue weighted by Crippen LogP contribution is -2.61. The highest BCUT2D eigenvalue weighted by molar-refractivity contribution is 5.74.